The second-order valence-electron chi connectivity index (χ2n) is 10.5. The van der Waals surface area contributed by atoms with Crippen molar-refractivity contribution in [2.45, 2.75) is 78.1 Å². The summed E-state index contributed by atoms with van der Waals surface area (Å²) in [7, 11) is 0. The van der Waals surface area contributed by atoms with Gasteiger partial charge >= 0.3 is 0 Å². The molecule has 0 radical (unpaired) electrons. The van der Waals surface area contributed by atoms with Gasteiger partial charge in [0.25, 0.3) is 0 Å². The molecule has 2 aromatic rings. The second kappa shape index (κ2) is 12.6. The number of hydrogen-bond acceptors (Lipinski definition) is 2. The zero-order chi connectivity index (χ0) is 24.6. The molecule has 2 fully saturated rings. The highest BCUT2D eigenvalue weighted by Gasteiger charge is 2.30. The van der Waals surface area contributed by atoms with E-state index >= 15 is 0 Å². The van der Waals surface area contributed by atoms with Gasteiger partial charge in [-0.1, -0.05) is 50.8 Å². The van der Waals surface area contributed by atoms with E-state index in [1.807, 2.05) is 12.1 Å². The molecule has 2 aromatic carbocycles. The van der Waals surface area contributed by atoms with Gasteiger partial charge in [-0.15, -0.1) is 0 Å². The topological polar surface area (TPSA) is 18.5 Å². The Labute approximate surface area is 209 Å². The normalized spacial score (nSPS) is 25.0. The maximum atomic E-state index is 14.6. The zero-order valence-electron chi connectivity index (χ0n) is 21.3. The predicted octanol–water partition coefficient (Wildman–Crippen LogP) is 9.34. The minimum Gasteiger partial charge on any atom is -0.493 e. The van der Waals surface area contributed by atoms with Crippen molar-refractivity contribution in [3.8, 4) is 22.6 Å². The van der Waals surface area contributed by atoms with Gasteiger partial charge in [0.1, 0.15) is 5.75 Å². The third-order valence-electron chi connectivity index (χ3n) is 8.18. The van der Waals surface area contributed by atoms with E-state index in [-0.39, 0.29) is 11.3 Å². The van der Waals surface area contributed by atoms with Crippen LogP contribution in [0.25, 0.3) is 11.1 Å². The first-order valence-corrected chi connectivity index (χ1v) is 13.6. The molecule has 0 spiro atoms. The quantitative estimate of drug-likeness (QED) is 0.331. The van der Waals surface area contributed by atoms with Gasteiger partial charge in [-0.2, -0.15) is 4.39 Å². The van der Waals surface area contributed by atoms with Crippen LogP contribution in [0, 0.1) is 35.3 Å². The van der Waals surface area contributed by atoms with Crippen molar-refractivity contribution >= 4 is 0 Å². The van der Waals surface area contributed by atoms with Crippen molar-refractivity contribution in [2.75, 3.05) is 6.61 Å². The molecule has 0 heterocycles. The molecule has 0 saturated heterocycles. The molecule has 0 N–H and O–H groups in total. The summed E-state index contributed by atoms with van der Waals surface area (Å²) in [6.45, 7) is 4.79. The third kappa shape index (κ3) is 6.65. The van der Waals surface area contributed by atoms with Crippen LogP contribution in [-0.2, 0) is 0 Å². The fourth-order valence-electron chi connectivity index (χ4n) is 6.11. The number of allylic oxidation sites excluding steroid dienone is 1. The average molecular weight is 483 g/mol. The van der Waals surface area contributed by atoms with Crippen LogP contribution in [0.3, 0.4) is 0 Å². The van der Waals surface area contributed by atoms with Gasteiger partial charge in [0.15, 0.2) is 11.6 Å². The summed E-state index contributed by atoms with van der Waals surface area (Å²) in [4.78, 5) is 0. The van der Waals surface area contributed by atoms with E-state index in [9.17, 15) is 8.78 Å². The zero-order valence-corrected chi connectivity index (χ0v) is 21.3. The number of hydrogen-bond donors (Lipinski definition) is 0. The molecule has 0 atom stereocenters. The molecular formula is C31H40F2O2. The van der Waals surface area contributed by atoms with Crippen molar-refractivity contribution in [3.63, 3.8) is 0 Å². The van der Waals surface area contributed by atoms with E-state index in [1.165, 1.54) is 76.5 Å². The lowest BCUT2D eigenvalue weighted by Crippen LogP contribution is -2.27. The molecular weight excluding hydrogens is 442 g/mol. The number of ether oxygens (including phenoxy) is 2. The van der Waals surface area contributed by atoms with Gasteiger partial charge in [0, 0.05) is 5.56 Å². The van der Waals surface area contributed by atoms with Crippen LogP contribution in [0.15, 0.2) is 48.7 Å². The Balaban J connectivity index is 1.24. The number of rotatable bonds is 9. The first-order chi connectivity index (χ1) is 17.1. The number of halogens is 2. The predicted molar refractivity (Wildman–Crippen MR) is 139 cm³/mol. The van der Waals surface area contributed by atoms with Crippen LogP contribution in [-0.4, -0.2) is 6.61 Å². The molecule has 4 rings (SSSR count). The lowest BCUT2D eigenvalue weighted by atomic mass is 9.69. The van der Waals surface area contributed by atoms with E-state index < -0.39 is 11.6 Å². The molecule has 0 bridgehead atoms. The molecule has 0 aromatic heterocycles. The minimum absolute atomic E-state index is 0.122. The van der Waals surface area contributed by atoms with Crippen LogP contribution in [0.4, 0.5) is 8.78 Å². The van der Waals surface area contributed by atoms with Crippen LogP contribution < -0.4 is 9.47 Å². The lowest BCUT2D eigenvalue weighted by Gasteiger charge is -2.37. The van der Waals surface area contributed by atoms with Gasteiger partial charge < -0.3 is 9.47 Å². The molecule has 0 unspecified atom stereocenters. The Morgan fingerprint density at radius 3 is 2.03 bits per heavy atom. The summed E-state index contributed by atoms with van der Waals surface area (Å²) in [6, 6.07) is 10.2. The van der Waals surface area contributed by atoms with E-state index in [0.717, 1.165) is 30.1 Å². The van der Waals surface area contributed by atoms with Crippen LogP contribution in [0.2, 0.25) is 0 Å². The van der Waals surface area contributed by atoms with Gasteiger partial charge in [-0.05, 0) is 98.9 Å². The standard InChI is InChI=1S/C31H40F2O2/c1-3-5-22-6-10-24(11-7-22)25-12-8-23(9-13-25)21-35-27-16-14-26(15-17-27)28-18-19-29(34-20-4-2)31(33)30(28)32/h4,14-20,22-25H,3,5-13,21H2,1-2H3/b20-4+. The molecule has 35 heavy (non-hydrogen) atoms. The summed E-state index contributed by atoms with van der Waals surface area (Å²) in [5.41, 5.74) is 0.824. The first kappa shape index (κ1) is 25.7. The third-order valence-corrected chi connectivity index (χ3v) is 8.18. The van der Waals surface area contributed by atoms with Crippen molar-refractivity contribution in [3.05, 3.63) is 60.4 Å². The minimum atomic E-state index is -0.981. The summed E-state index contributed by atoms with van der Waals surface area (Å²) in [5, 5.41) is 0. The van der Waals surface area contributed by atoms with Crippen molar-refractivity contribution in [1.82, 2.24) is 0 Å². The van der Waals surface area contributed by atoms with Gasteiger partial charge in [0.2, 0.25) is 5.82 Å². The van der Waals surface area contributed by atoms with Gasteiger partial charge in [-0.25, -0.2) is 4.39 Å². The molecule has 190 valence electrons. The van der Waals surface area contributed by atoms with E-state index in [0.29, 0.717) is 11.5 Å². The van der Waals surface area contributed by atoms with Crippen LogP contribution >= 0.6 is 0 Å². The Kier molecular flexibility index (Phi) is 9.23. The Morgan fingerprint density at radius 1 is 0.800 bits per heavy atom. The highest BCUT2D eigenvalue weighted by molar-refractivity contribution is 5.66. The first-order valence-electron chi connectivity index (χ1n) is 13.6. The SMILES string of the molecule is C/C=C/Oc1ccc(-c2ccc(OCC3CCC(C4CCC(CCC)CC4)CC3)cc2)c(F)c1F. The average Bonchev–Trinajstić information content (AvgIpc) is 2.90. The van der Waals surface area contributed by atoms with E-state index in [1.54, 1.807) is 31.2 Å². The molecule has 2 aliphatic rings. The highest BCUT2D eigenvalue weighted by Crippen LogP contribution is 2.42. The molecule has 4 heteroatoms. The van der Waals surface area contributed by atoms with Crippen molar-refractivity contribution in [1.29, 1.82) is 0 Å². The van der Waals surface area contributed by atoms with Crippen LogP contribution in [0.1, 0.15) is 78.1 Å². The molecule has 2 saturated carbocycles. The fraction of sp³-hybridized carbons (Fsp3) is 0.548. The second-order valence-corrected chi connectivity index (χ2v) is 10.5. The maximum absolute atomic E-state index is 14.6. The summed E-state index contributed by atoms with van der Waals surface area (Å²) in [5.74, 6) is 2.23. The Morgan fingerprint density at radius 2 is 1.43 bits per heavy atom. The molecule has 2 aliphatic carbocycles. The summed E-state index contributed by atoms with van der Waals surface area (Å²) >= 11 is 0. The van der Waals surface area contributed by atoms with Gasteiger partial charge in [-0.3, -0.25) is 0 Å². The Hall–Kier alpha value is -2.36. The largest absolute Gasteiger partial charge is 0.493 e. The Bertz CT molecular complexity index is 953. The van der Waals surface area contributed by atoms with E-state index in [4.69, 9.17) is 9.47 Å². The van der Waals surface area contributed by atoms with Gasteiger partial charge in [0.05, 0.1) is 12.9 Å². The monoisotopic (exact) mass is 482 g/mol. The molecule has 2 nitrogen and oxygen atoms in total. The molecule has 0 amide bonds. The maximum Gasteiger partial charge on any atom is 0.201 e. The van der Waals surface area contributed by atoms with Crippen LogP contribution in [0.5, 0.6) is 11.5 Å². The fourth-order valence-corrected chi connectivity index (χ4v) is 6.11. The van der Waals surface area contributed by atoms with Crippen molar-refractivity contribution < 1.29 is 18.3 Å². The smallest absolute Gasteiger partial charge is 0.201 e. The summed E-state index contributed by atoms with van der Waals surface area (Å²) in [6.07, 6.45) is 16.7. The number of benzene rings is 2. The molecule has 0 aliphatic heterocycles. The summed E-state index contributed by atoms with van der Waals surface area (Å²) < 4.78 is 40.1. The lowest BCUT2D eigenvalue weighted by molar-refractivity contribution is 0.122. The van der Waals surface area contributed by atoms with E-state index in [2.05, 4.69) is 6.92 Å². The van der Waals surface area contributed by atoms with Crippen molar-refractivity contribution in [2.24, 2.45) is 23.7 Å². The highest BCUT2D eigenvalue weighted by atomic mass is 19.2.